The minimum Gasteiger partial charge on any atom is -0.384 e. The van der Waals surface area contributed by atoms with E-state index in [0.29, 0.717) is 18.7 Å². The Hall–Kier alpha value is -1.51. The molecule has 0 radical (unpaired) electrons. The summed E-state index contributed by atoms with van der Waals surface area (Å²) in [6.45, 7) is 1.08. The van der Waals surface area contributed by atoms with E-state index in [2.05, 4.69) is 11.8 Å². The lowest BCUT2D eigenvalue weighted by Crippen LogP contribution is -2.33. The van der Waals surface area contributed by atoms with Crippen LogP contribution >= 0.6 is 11.8 Å². The van der Waals surface area contributed by atoms with Gasteiger partial charge in [0.15, 0.2) is 0 Å². The van der Waals surface area contributed by atoms with Crippen LogP contribution in [0.2, 0.25) is 0 Å². The van der Waals surface area contributed by atoms with Crippen molar-refractivity contribution < 1.29 is 14.3 Å². The Morgan fingerprint density at radius 2 is 2.25 bits per heavy atom. The molecule has 5 heteroatoms. The Morgan fingerprint density at radius 3 is 3.05 bits per heavy atom. The highest BCUT2D eigenvalue weighted by atomic mass is 32.2. The molecule has 0 saturated carbocycles. The molecule has 1 N–H and O–H groups in total. The van der Waals surface area contributed by atoms with Crippen molar-refractivity contribution >= 4 is 17.7 Å². The molecule has 0 spiro atoms. The van der Waals surface area contributed by atoms with E-state index in [1.165, 1.54) is 18.2 Å². The van der Waals surface area contributed by atoms with E-state index < -0.39 is 5.82 Å². The predicted octanol–water partition coefficient (Wildman–Crippen LogP) is 1.75. The van der Waals surface area contributed by atoms with Gasteiger partial charge in [0.2, 0.25) is 0 Å². The molecule has 0 unspecified atom stereocenters. The highest BCUT2D eigenvalue weighted by molar-refractivity contribution is 7.99. The fraction of sp³-hybridized carbons (Fsp3) is 0.400. The van der Waals surface area contributed by atoms with Gasteiger partial charge in [-0.05, 0) is 30.4 Å². The van der Waals surface area contributed by atoms with Crippen molar-refractivity contribution in [1.82, 2.24) is 4.90 Å². The van der Waals surface area contributed by atoms with Crippen molar-refractivity contribution in [2.75, 3.05) is 31.2 Å². The number of thioether (sulfide) groups is 1. The average Bonchev–Trinajstić information content (AvgIpc) is 2.74. The summed E-state index contributed by atoms with van der Waals surface area (Å²) in [5, 5.41) is 8.75. The smallest absolute Gasteiger partial charge is 0.255 e. The number of hydrogen-bond donors (Lipinski definition) is 1. The molecule has 106 valence electrons. The molecule has 0 atom stereocenters. The predicted molar refractivity (Wildman–Crippen MR) is 78.2 cm³/mol. The van der Waals surface area contributed by atoms with E-state index in [1.807, 2.05) is 11.8 Å². The van der Waals surface area contributed by atoms with Crippen LogP contribution in [0.5, 0.6) is 0 Å². The van der Waals surface area contributed by atoms with Crippen LogP contribution < -0.4 is 0 Å². The lowest BCUT2D eigenvalue weighted by atomic mass is 10.1. The van der Waals surface area contributed by atoms with Crippen molar-refractivity contribution in [2.24, 2.45) is 0 Å². The fourth-order valence-corrected chi connectivity index (χ4v) is 2.94. The van der Waals surface area contributed by atoms with Gasteiger partial charge in [0.1, 0.15) is 12.4 Å². The summed E-state index contributed by atoms with van der Waals surface area (Å²) in [7, 11) is 0. The molecule has 2 rings (SSSR count). The van der Waals surface area contributed by atoms with Gasteiger partial charge in [0, 0.05) is 24.4 Å². The third-order valence-electron chi connectivity index (χ3n) is 3.02. The molecule has 1 aromatic rings. The molecule has 1 amide bonds. The summed E-state index contributed by atoms with van der Waals surface area (Å²) in [5.41, 5.74) is 0.736. The molecule has 1 heterocycles. The van der Waals surface area contributed by atoms with Gasteiger partial charge in [-0.15, -0.1) is 0 Å². The summed E-state index contributed by atoms with van der Waals surface area (Å²) >= 11 is 1.82. The summed E-state index contributed by atoms with van der Waals surface area (Å²) < 4.78 is 13.4. The van der Waals surface area contributed by atoms with Gasteiger partial charge in [0.05, 0.1) is 5.56 Å². The second-order valence-electron chi connectivity index (χ2n) is 4.41. The standard InChI is InChI=1S/C15H16FNO2S/c16-13-5-4-12(3-1-8-18)14(11-13)15(19)17-6-2-9-20-10-7-17/h4-5,11,18H,2,6-10H2. The zero-order valence-electron chi connectivity index (χ0n) is 11.1. The van der Waals surface area contributed by atoms with Crippen LogP contribution in [0, 0.1) is 17.7 Å². The Balaban J connectivity index is 2.29. The minimum atomic E-state index is -0.452. The second-order valence-corrected chi connectivity index (χ2v) is 5.63. The molecule has 0 aromatic heterocycles. The topological polar surface area (TPSA) is 40.5 Å². The van der Waals surface area contributed by atoms with Crippen LogP contribution in [0.1, 0.15) is 22.3 Å². The number of halogens is 1. The maximum Gasteiger partial charge on any atom is 0.255 e. The largest absolute Gasteiger partial charge is 0.384 e. The number of aliphatic hydroxyl groups is 1. The number of nitrogens with zero attached hydrogens (tertiary/aromatic N) is 1. The van der Waals surface area contributed by atoms with E-state index in [4.69, 9.17) is 5.11 Å². The van der Waals surface area contributed by atoms with Gasteiger partial charge in [0.25, 0.3) is 5.91 Å². The Labute approximate surface area is 122 Å². The monoisotopic (exact) mass is 293 g/mol. The average molecular weight is 293 g/mol. The number of carbonyl (C=O) groups excluding carboxylic acids is 1. The zero-order chi connectivity index (χ0) is 14.4. The number of carbonyl (C=O) groups is 1. The van der Waals surface area contributed by atoms with Gasteiger partial charge < -0.3 is 10.0 Å². The van der Waals surface area contributed by atoms with Gasteiger partial charge in [-0.1, -0.05) is 11.8 Å². The van der Waals surface area contributed by atoms with E-state index in [0.717, 1.165) is 17.9 Å². The summed E-state index contributed by atoms with van der Waals surface area (Å²) in [6, 6.07) is 3.98. The molecule has 1 aliphatic rings. The van der Waals surface area contributed by atoms with Gasteiger partial charge >= 0.3 is 0 Å². The number of hydrogen-bond acceptors (Lipinski definition) is 3. The Kier molecular flexibility index (Phi) is 5.45. The van der Waals surface area contributed by atoms with E-state index in [9.17, 15) is 9.18 Å². The summed E-state index contributed by atoms with van der Waals surface area (Å²) in [6.07, 6.45) is 0.948. The third kappa shape index (κ3) is 3.75. The molecule has 1 fully saturated rings. The molecule has 0 bridgehead atoms. The molecule has 1 aliphatic heterocycles. The van der Waals surface area contributed by atoms with Crippen LogP contribution in [-0.2, 0) is 0 Å². The minimum absolute atomic E-state index is 0.186. The highest BCUT2D eigenvalue weighted by Gasteiger charge is 2.20. The number of amides is 1. The maximum absolute atomic E-state index is 13.4. The Bertz CT molecular complexity index is 543. The van der Waals surface area contributed by atoms with Crippen molar-refractivity contribution in [1.29, 1.82) is 0 Å². The molecule has 1 saturated heterocycles. The SMILES string of the molecule is O=C(c1cc(F)ccc1C#CCO)N1CCCSCC1. The molecule has 20 heavy (non-hydrogen) atoms. The first-order valence-corrected chi connectivity index (χ1v) is 7.64. The molecule has 1 aromatic carbocycles. The van der Waals surface area contributed by atoms with Gasteiger partial charge in [-0.3, -0.25) is 4.79 Å². The number of benzene rings is 1. The van der Waals surface area contributed by atoms with Crippen LogP contribution in [0.25, 0.3) is 0 Å². The van der Waals surface area contributed by atoms with Crippen molar-refractivity contribution in [3.8, 4) is 11.8 Å². The zero-order valence-corrected chi connectivity index (χ0v) is 11.9. The molecule has 0 aliphatic carbocycles. The van der Waals surface area contributed by atoms with Crippen molar-refractivity contribution in [2.45, 2.75) is 6.42 Å². The first kappa shape index (κ1) is 14.9. The van der Waals surface area contributed by atoms with Gasteiger partial charge in [-0.25, -0.2) is 4.39 Å². The van der Waals surface area contributed by atoms with E-state index >= 15 is 0 Å². The second kappa shape index (κ2) is 7.32. The van der Waals surface area contributed by atoms with Crippen LogP contribution in [0.15, 0.2) is 18.2 Å². The normalized spacial score (nSPS) is 15.2. The molecular weight excluding hydrogens is 277 g/mol. The molecule has 3 nitrogen and oxygen atoms in total. The first-order valence-electron chi connectivity index (χ1n) is 6.48. The molecular formula is C15H16FNO2S. The Morgan fingerprint density at radius 1 is 1.40 bits per heavy atom. The van der Waals surface area contributed by atoms with Crippen molar-refractivity contribution in [3.63, 3.8) is 0 Å². The summed E-state index contributed by atoms with van der Waals surface area (Å²) in [4.78, 5) is 14.3. The van der Waals surface area contributed by atoms with Crippen LogP contribution in [0.4, 0.5) is 4.39 Å². The first-order chi connectivity index (χ1) is 9.72. The maximum atomic E-state index is 13.4. The fourth-order valence-electron chi connectivity index (χ4n) is 2.06. The van der Waals surface area contributed by atoms with Gasteiger partial charge in [-0.2, -0.15) is 11.8 Å². The number of rotatable bonds is 1. The lowest BCUT2D eigenvalue weighted by molar-refractivity contribution is 0.0767. The van der Waals surface area contributed by atoms with E-state index in [-0.39, 0.29) is 18.1 Å². The number of aliphatic hydroxyl groups excluding tert-OH is 1. The highest BCUT2D eigenvalue weighted by Crippen LogP contribution is 2.17. The quantitative estimate of drug-likeness (QED) is 0.802. The lowest BCUT2D eigenvalue weighted by Gasteiger charge is -2.20. The van der Waals surface area contributed by atoms with Crippen LogP contribution in [0.3, 0.4) is 0 Å². The van der Waals surface area contributed by atoms with Crippen molar-refractivity contribution in [3.05, 3.63) is 35.1 Å². The van der Waals surface area contributed by atoms with Crippen LogP contribution in [-0.4, -0.2) is 47.1 Å². The summed E-state index contributed by atoms with van der Waals surface area (Å²) in [5.74, 6) is 6.52. The third-order valence-corrected chi connectivity index (χ3v) is 4.07. The van der Waals surface area contributed by atoms with E-state index in [1.54, 1.807) is 4.90 Å².